The van der Waals surface area contributed by atoms with Gasteiger partial charge in [-0.1, -0.05) is 6.92 Å². The Hall–Kier alpha value is -0.650. The lowest BCUT2D eigenvalue weighted by atomic mass is 9.48. The summed E-state index contributed by atoms with van der Waals surface area (Å²) in [6, 6.07) is 0. The third-order valence-electron chi connectivity index (χ3n) is 9.01. The molecule has 27 heavy (non-hydrogen) atoms. The molecule has 7 unspecified atom stereocenters. The second-order valence-electron chi connectivity index (χ2n) is 10.3. The molecule has 2 nitrogen and oxygen atoms in total. The molecule has 0 aromatic carbocycles. The Morgan fingerprint density at radius 2 is 1.59 bits per heavy atom. The van der Waals surface area contributed by atoms with Crippen LogP contribution >= 0.6 is 0 Å². The molecule has 0 saturated heterocycles. The molecular formula is C21H31F4NO. The summed E-state index contributed by atoms with van der Waals surface area (Å²) >= 11 is 0. The lowest BCUT2D eigenvalue weighted by molar-refractivity contribution is -0.116. The summed E-state index contributed by atoms with van der Waals surface area (Å²) in [6.45, 7) is 3.59. The zero-order valence-corrected chi connectivity index (χ0v) is 16.2. The molecule has 4 aliphatic carbocycles. The van der Waals surface area contributed by atoms with Crippen LogP contribution in [0.2, 0.25) is 0 Å². The summed E-state index contributed by atoms with van der Waals surface area (Å²) in [5.41, 5.74) is -5.89. The standard InChI is InChI=1S/C21H31F4NO/c1-18(27)8-5-13-12(11-18)3-4-15-14(13)6-9-19(2)16(15)7-10-20(19,22)17(26)21(23,24)25/h12-16,26-27H,3-11H2,1-2H3/t12?,13?,14?,15?,16?,18-,19?,20?/m1/s1. The van der Waals surface area contributed by atoms with Crippen LogP contribution in [0.1, 0.15) is 71.6 Å². The van der Waals surface area contributed by atoms with Crippen molar-refractivity contribution in [3.05, 3.63) is 0 Å². The van der Waals surface area contributed by atoms with E-state index in [1.165, 1.54) is 0 Å². The molecule has 2 N–H and O–H groups in total. The van der Waals surface area contributed by atoms with Gasteiger partial charge in [0.15, 0.2) is 11.4 Å². The average molecular weight is 389 g/mol. The maximum absolute atomic E-state index is 15.7. The van der Waals surface area contributed by atoms with Crippen molar-refractivity contribution in [3.8, 4) is 0 Å². The van der Waals surface area contributed by atoms with Gasteiger partial charge < -0.3 is 5.11 Å². The van der Waals surface area contributed by atoms with Gasteiger partial charge in [0.25, 0.3) is 0 Å². The average Bonchev–Trinajstić information content (AvgIpc) is 2.84. The van der Waals surface area contributed by atoms with E-state index in [1.54, 1.807) is 6.92 Å². The number of nitrogens with one attached hydrogen (secondary N) is 1. The van der Waals surface area contributed by atoms with Crippen molar-refractivity contribution < 1.29 is 22.7 Å². The Morgan fingerprint density at radius 3 is 2.26 bits per heavy atom. The molecule has 154 valence electrons. The maximum Gasteiger partial charge on any atom is 0.432 e. The van der Waals surface area contributed by atoms with Gasteiger partial charge in [0.05, 0.1) is 5.60 Å². The first-order valence-electron chi connectivity index (χ1n) is 10.5. The molecule has 8 atom stereocenters. The molecule has 4 saturated carbocycles. The smallest absolute Gasteiger partial charge is 0.390 e. The van der Waals surface area contributed by atoms with Crippen LogP contribution in [0.4, 0.5) is 17.6 Å². The Bertz CT molecular complexity index is 632. The highest BCUT2D eigenvalue weighted by Gasteiger charge is 2.68. The fourth-order valence-corrected chi connectivity index (χ4v) is 7.70. The van der Waals surface area contributed by atoms with Crippen molar-refractivity contribution >= 4 is 5.71 Å². The van der Waals surface area contributed by atoms with Crippen molar-refractivity contribution in [2.45, 2.75) is 89.1 Å². The van der Waals surface area contributed by atoms with Gasteiger partial charge in [-0.05, 0) is 94.3 Å². The predicted molar refractivity (Wildman–Crippen MR) is 95.4 cm³/mol. The molecule has 0 aromatic rings. The van der Waals surface area contributed by atoms with E-state index in [2.05, 4.69) is 0 Å². The lowest BCUT2D eigenvalue weighted by Crippen LogP contribution is -2.57. The van der Waals surface area contributed by atoms with Crippen LogP contribution in [-0.4, -0.2) is 28.3 Å². The number of halogens is 4. The summed E-state index contributed by atoms with van der Waals surface area (Å²) < 4.78 is 55.4. The number of alkyl halides is 4. The summed E-state index contributed by atoms with van der Waals surface area (Å²) in [4.78, 5) is 0. The van der Waals surface area contributed by atoms with Gasteiger partial charge in [-0.15, -0.1) is 0 Å². The fourth-order valence-electron chi connectivity index (χ4n) is 7.70. The van der Waals surface area contributed by atoms with E-state index in [0.29, 0.717) is 30.6 Å². The van der Waals surface area contributed by atoms with Gasteiger partial charge in [-0.3, -0.25) is 5.41 Å². The first kappa shape index (κ1) is 19.7. The first-order chi connectivity index (χ1) is 12.4. The third kappa shape index (κ3) is 2.79. The van der Waals surface area contributed by atoms with Crippen LogP contribution in [0.25, 0.3) is 0 Å². The Morgan fingerprint density at radius 1 is 0.926 bits per heavy atom. The zero-order chi connectivity index (χ0) is 19.8. The quantitative estimate of drug-likeness (QED) is 0.440. The number of hydrogen-bond donors (Lipinski definition) is 2. The van der Waals surface area contributed by atoms with Crippen molar-refractivity contribution in [2.75, 3.05) is 0 Å². The SMILES string of the molecule is CC12CCC3C4CC[C@@](C)(O)CC4CCC3C1CCC2(F)C(=N)C(F)(F)F. The highest BCUT2D eigenvalue weighted by Crippen LogP contribution is 2.67. The highest BCUT2D eigenvalue weighted by atomic mass is 19.4. The third-order valence-corrected chi connectivity index (χ3v) is 9.01. The molecule has 4 rings (SSSR count). The lowest BCUT2D eigenvalue weighted by Gasteiger charge is -2.57. The topological polar surface area (TPSA) is 44.1 Å². The predicted octanol–water partition coefficient (Wildman–Crippen LogP) is 5.68. The van der Waals surface area contributed by atoms with Crippen LogP contribution in [0.3, 0.4) is 0 Å². The van der Waals surface area contributed by atoms with Crippen LogP contribution < -0.4 is 0 Å². The molecule has 0 spiro atoms. The van der Waals surface area contributed by atoms with Crippen LogP contribution in [-0.2, 0) is 0 Å². The Balaban J connectivity index is 1.59. The largest absolute Gasteiger partial charge is 0.432 e. The van der Waals surface area contributed by atoms with Gasteiger partial charge in [0.1, 0.15) is 0 Å². The van der Waals surface area contributed by atoms with E-state index in [1.807, 2.05) is 6.92 Å². The minimum absolute atomic E-state index is 0.0627. The molecule has 0 amide bonds. The van der Waals surface area contributed by atoms with Crippen LogP contribution in [0, 0.1) is 40.4 Å². The Labute approximate surface area is 158 Å². The van der Waals surface area contributed by atoms with Crippen LogP contribution in [0.5, 0.6) is 0 Å². The molecule has 6 heteroatoms. The first-order valence-corrected chi connectivity index (χ1v) is 10.5. The number of fused-ring (bicyclic) bond motifs is 5. The Kier molecular flexibility index (Phi) is 4.32. The van der Waals surface area contributed by atoms with Crippen molar-refractivity contribution in [1.82, 2.24) is 0 Å². The van der Waals surface area contributed by atoms with E-state index < -0.39 is 28.6 Å². The second-order valence-corrected chi connectivity index (χ2v) is 10.3. The molecule has 4 fully saturated rings. The summed E-state index contributed by atoms with van der Waals surface area (Å²) in [5, 5.41) is 18.0. The van der Waals surface area contributed by atoms with Gasteiger partial charge in [-0.25, -0.2) is 4.39 Å². The summed E-state index contributed by atoms with van der Waals surface area (Å²) in [5.74, 6) is 1.66. The molecular weight excluding hydrogens is 358 g/mol. The minimum Gasteiger partial charge on any atom is -0.390 e. The van der Waals surface area contributed by atoms with Crippen molar-refractivity contribution in [3.63, 3.8) is 0 Å². The molecule has 0 radical (unpaired) electrons. The monoisotopic (exact) mass is 389 g/mol. The number of hydrogen-bond acceptors (Lipinski definition) is 2. The number of aliphatic hydroxyl groups is 1. The normalized spacial score (nSPS) is 52.6. The van der Waals surface area contributed by atoms with E-state index in [4.69, 9.17) is 5.41 Å². The molecule has 0 aromatic heterocycles. The molecule has 0 heterocycles. The fraction of sp³-hybridized carbons (Fsp3) is 0.952. The summed E-state index contributed by atoms with van der Waals surface area (Å²) in [6.07, 6.45) is 1.09. The van der Waals surface area contributed by atoms with E-state index in [-0.39, 0.29) is 18.3 Å². The van der Waals surface area contributed by atoms with Gasteiger partial charge in [0, 0.05) is 5.41 Å². The van der Waals surface area contributed by atoms with Crippen molar-refractivity contribution in [1.29, 1.82) is 5.41 Å². The van der Waals surface area contributed by atoms with Gasteiger partial charge in [0.2, 0.25) is 0 Å². The molecule has 0 aliphatic heterocycles. The van der Waals surface area contributed by atoms with Crippen molar-refractivity contribution in [2.24, 2.45) is 35.0 Å². The minimum atomic E-state index is -4.89. The molecule has 4 aliphatic rings. The molecule has 0 bridgehead atoms. The number of rotatable bonds is 1. The highest BCUT2D eigenvalue weighted by molar-refractivity contribution is 5.95. The van der Waals surface area contributed by atoms with Gasteiger partial charge >= 0.3 is 6.18 Å². The van der Waals surface area contributed by atoms with Gasteiger partial charge in [-0.2, -0.15) is 13.2 Å². The maximum atomic E-state index is 15.7. The summed E-state index contributed by atoms with van der Waals surface area (Å²) in [7, 11) is 0. The zero-order valence-electron chi connectivity index (χ0n) is 16.2. The van der Waals surface area contributed by atoms with E-state index in [0.717, 1.165) is 38.5 Å². The van der Waals surface area contributed by atoms with E-state index in [9.17, 15) is 18.3 Å². The van der Waals surface area contributed by atoms with E-state index >= 15 is 4.39 Å². The van der Waals surface area contributed by atoms with Crippen LogP contribution in [0.15, 0.2) is 0 Å². The second kappa shape index (κ2) is 5.93.